The lowest BCUT2D eigenvalue weighted by molar-refractivity contribution is 0.139. The van der Waals surface area contributed by atoms with Crippen LogP contribution in [0.3, 0.4) is 0 Å². The highest BCUT2D eigenvalue weighted by Crippen LogP contribution is 2.13. The van der Waals surface area contributed by atoms with Crippen LogP contribution < -0.4 is 5.32 Å². The molecule has 2 heterocycles. The number of furan rings is 1. The highest BCUT2D eigenvalue weighted by molar-refractivity contribution is 5.07. The van der Waals surface area contributed by atoms with E-state index in [0.29, 0.717) is 0 Å². The van der Waals surface area contributed by atoms with Gasteiger partial charge in [-0.1, -0.05) is 0 Å². The molecule has 1 aliphatic heterocycles. The zero-order valence-electron chi connectivity index (χ0n) is 12.7. The molecule has 1 aromatic heterocycles. The third kappa shape index (κ3) is 4.97. The van der Waals surface area contributed by atoms with E-state index in [1.807, 2.05) is 0 Å². The lowest BCUT2D eigenvalue weighted by atomic mass is 10.1. The summed E-state index contributed by atoms with van der Waals surface area (Å²) >= 11 is 0. The van der Waals surface area contributed by atoms with E-state index >= 15 is 0 Å². The van der Waals surface area contributed by atoms with Crippen LogP contribution in [0.15, 0.2) is 16.5 Å². The molecule has 108 valence electrons. The Morgan fingerprint density at radius 2 is 1.74 bits per heavy atom. The van der Waals surface area contributed by atoms with Gasteiger partial charge in [-0.3, -0.25) is 4.90 Å². The maximum atomic E-state index is 5.89. The SMILES string of the molecule is CN1CCN(Cc2ccc(CNC(C)(C)C)o2)CC1. The summed E-state index contributed by atoms with van der Waals surface area (Å²) in [7, 11) is 2.18. The third-order valence-corrected chi connectivity index (χ3v) is 3.49. The van der Waals surface area contributed by atoms with Crippen LogP contribution in [0.25, 0.3) is 0 Å². The predicted octanol–water partition coefficient (Wildman–Crippen LogP) is 1.92. The van der Waals surface area contributed by atoms with E-state index in [2.05, 4.69) is 55.1 Å². The molecule has 2 rings (SSSR count). The van der Waals surface area contributed by atoms with Crippen molar-refractivity contribution in [3.8, 4) is 0 Å². The average molecular weight is 265 g/mol. The van der Waals surface area contributed by atoms with Crippen LogP contribution in [0.1, 0.15) is 32.3 Å². The quantitative estimate of drug-likeness (QED) is 0.901. The first kappa shape index (κ1) is 14.6. The summed E-state index contributed by atoms with van der Waals surface area (Å²) in [5, 5.41) is 3.45. The van der Waals surface area contributed by atoms with Crippen molar-refractivity contribution in [3.63, 3.8) is 0 Å². The summed E-state index contributed by atoms with van der Waals surface area (Å²) < 4.78 is 5.89. The van der Waals surface area contributed by atoms with Crippen molar-refractivity contribution in [2.24, 2.45) is 0 Å². The maximum absolute atomic E-state index is 5.89. The van der Waals surface area contributed by atoms with Crippen molar-refractivity contribution >= 4 is 0 Å². The molecule has 4 heteroatoms. The topological polar surface area (TPSA) is 31.6 Å². The number of rotatable bonds is 4. The second-order valence-electron chi connectivity index (χ2n) is 6.55. The Kier molecular flexibility index (Phi) is 4.66. The molecule has 1 N–H and O–H groups in total. The highest BCUT2D eigenvalue weighted by Gasteiger charge is 2.16. The number of hydrogen-bond donors (Lipinski definition) is 1. The van der Waals surface area contributed by atoms with Crippen LogP contribution in [0, 0.1) is 0 Å². The van der Waals surface area contributed by atoms with Crippen LogP contribution in [0.2, 0.25) is 0 Å². The van der Waals surface area contributed by atoms with Gasteiger partial charge in [-0.15, -0.1) is 0 Å². The first-order valence-corrected chi connectivity index (χ1v) is 7.16. The second-order valence-corrected chi connectivity index (χ2v) is 6.55. The lowest BCUT2D eigenvalue weighted by Crippen LogP contribution is -2.43. The molecule has 19 heavy (non-hydrogen) atoms. The first-order valence-electron chi connectivity index (χ1n) is 7.16. The third-order valence-electron chi connectivity index (χ3n) is 3.49. The molecule has 4 nitrogen and oxygen atoms in total. The van der Waals surface area contributed by atoms with Crippen molar-refractivity contribution in [3.05, 3.63) is 23.7 Å². The molecule has 0 aromatic carbocycles. The van der Waals surface area contributed by atoms with Gasteiger partial charge in [0.05, 0.1) is 13.1 Å². The summed E-state index contributed by atoms with van der Waals surface area (Å²) in [6, 6.07) is 4.20. The summed E-state index contributed by atoms with van der Waals surface area (Å²) in [5.41, 5.74) is 0.129. The van der Waals surface area contributed by atoms with Crippen LogP contribution in [-0.4, -0.2) is 48.6 Å². The lowest BCUT2D eigenvalue weighted by Gasteiger charge is -2.31. The van der Waals surface area contributed by atoms with E-state index in [0.717, 1.165) is 50.8 Å². The number of hydrogen-bond acceptors (Lipinski definition) is 4. The molecule has 0 amide bonds. The Bertz CT molecular complexity index is 386. The molecule has 0 atom stereocenters. The van der Waals surface area contributed by atoms with Gasteiger partial charge in [-0.05, 0) is 40.0 Å². The van der Waals surface area contributed by atoms with E-state index in [1.165, 1.54) is 0 Å². The Morgan fingerprint density at radius 1 is 1.11 bits per heavy atom. The smallest absolute Gasteiger partial charge is 0.118 e. The summed E-state index contributed by atoms with van der Waals surface area (Å²) in [6.07, 6.45) is 0. The van der Waals surface area contributed by atoms with Crippen molar-refractivity contribution in [1.82, 2.24) is 15.1 Å². The largest absolute Gasteiger partial charge is 0.463 e. The summed E-state index contributed by atoms with van der Waals surface area (Å²) in [6.45, 7) is 12.8. The number of likely N-dealkylation sites (N-methyl/N-ethyl adjacent to an activating group) is 1. The minimum absolute atomic E-state index is 0.129. The van der Waals surface area contributed by atoms with Gasteiger partial charge in [0.25, 0.3) is 0 Å². The Labute approximate surface area is 116 Å². The van der Waals surface area contributed by atoms with Gasteiger partial charge in [0.1, 0.15) is 11.5 Å². The molecule has 0 spiro atoms. The van der Waals surface area contributed by atoms with E-state index in [-0.39, 0.29) is 5.54 Å². The molecule has 1 aromatic rings. The molecule has 1 aliphatic rings. The first-order chi connectivity index (χ1) is 8.92. The van der Waals surface area contributed by atoms with Gasteiger partial charge in [-0.2, -0.15) is 0 Å². The fourth-order valence-electron chi connectivity index (χ4n) is 2.18. The average Bonchev–Trinajstić information content (AvgIpc) is 2.77. The molecular formula is C15H27N3O. The monoisotopic (exact) mass is 265 g/mol. The van der Waals surface area contributed by atoms with Gasteiger partial charge in [0.2, 0.25) is 0 Å². The Balaban J connectivity index is 1.80. The van der Waals surface area contributed by atoms with E-state index in [9.17, 15) is 0 Å². The van der Waals surface area contributed by atoms with Gasteiger partial charge >= 0.3 is 0 Å². The summed E-state index contributed by atoms with van der Waals surface area (Å²) in [5.74, 6) is 2.11. The minimum Gasteiger partial charge on any atom is -0.463 e. The number of nitrogens with zero attached hydrogens (tertiary/aromatic N) is 2. The van der Waals surface area contributed by atoms with Crippen molar-refractivity contribution in [2.45, 2.75) is 39.4 Å². The minimum atomic E-state index is 0.129. The van der Waals surface area contributed by atoms with Crippen LogP contribution in [0.5, 0.6) is 0 Å². The van der Waals surface area contributed by atoms with Crippen molar-refractivity contribution < 1.29 is 4.42 Å². The van der Waals surface area contributed by atoms with E-state index in [1.54, 1.807) is 0 Å². The molecule has 0 radical (unpaired) electrons. The molecule has 0 saturated carbocycles. The van der Waals surface area contributed by atoms with Crippen LogP contribution in [-0.2, 0) is 13.1 Å². The Morgan fingerprint density at radius 3 is 2.37 bits per heavy atom. The number of piperazine rings is 1. The zero-order valence-corrected chi connectivity index (χ0v) is 12.7. The summed E-state index contributed by atoms with van der Waals surface area (Å²) in [4.78, 5) is 4.83. The molecule has 1 fully saturated rings. The van der Waals surface area contributed by atoms with Gasteiger partial charge in [-0.25, -0.2) is 0 Å². The van der Waals surface area contributed by atoms with Gasteiger partial charge in [0.15, 0.2) is 0 Å². The fraction of sp³-hybridized carbons (Fsp3) is 0.733. The van der Waals surface area contributed by atoms with E-state index in [4.69, 9.17) is 4.42 Å². The molecular weight excluding hydrogens is 238 g/mol. The van der Waals surface area contributed by atoms with E-state index < -0.39 is 0 Å². The predicted molar refractivity (Wildman–Crippen MR) is 78.1 cm³/mol. The standard InChI is InChI=1S/C15H27N3O/c1-15(2,3)16-11-13-5-6-14(19-13)12-18-9-7-17(4)8-10-18/h5-6,16H,7-12H2,1-4H3. The van der Waals surface area contributed by atoms with Crippen molar-refractivity contribution in [2.75, 3.05) is 33.2 Å². The zero-order chi connectivity index (χ0) is 13.9. The maximum Gasteiger partial charge on any atom is 0.118 e. The van der Waals surface area contributed by atoms with Crippen molar-refractivity contribution in [1.29, 1.82) is 0 Å². The molecule has 0 aliphatic carbocycles. The van der Waals surface area contributed by atoms with Gasteiger partial charge < -0.3 is 14.6 Å². The number of nitrogens with one attached hydrogen (secondary N) is 1. The van der Waals surface area contributed by atoms with Crippen LogP contribution >= 0.6 is 0 Å². The fourth-order valence-corrected chi connectivity index (χ4v) is 2.18. The molecule has 0 bridgehead atoms. The highest BCUT2D eigenvalue weighted by atomic mass is 16.3. The van der Waals surface area contributed by atoms with Gasteiger partial charge in [0, 0.05) is 31.7 Å². The Hall–Kier alpha value is -0.840. The van der Waals surface area contributed by atoms with Crippen LogP contribution in [0.4, 0.5) is 0 Å². The molecule has 0 unspecified atom stereocenters. The second kappa shape index (κ2) is 6.07. The molecule has 1 saturated heterocycles. The normalized spacial score (nSPS) is 18.9.